The van der Waals surface area contributed by atoms with E-state index in [0.717, 1.165) is 11.0 Å². The van der Waals surface area contributed by atoms with Crippen molar-refractivity contribution in [3.05, 3.63) is 41.1 Å². The first-order valence-corrected chi connectivity index (χ1v) is 6.00. The van der Waals surface area contributed by atoms with Crippen LogP contribution >= 0.6 is 0 Å². The van der Waals surface area contributed by atoms with E-state index in [1.165, 1.54) is 18.2 Å². The molecule has 1 aromatic rings. The molecule has 0 spiro atoms. The summed E-state index contributed by atoms with van der Waals surface area (Å²) >= 11 is 0. The molecule has 1 aliphatic heterocycles. The van der Waals surface area contributed by atoms with Crippen molar-refractivity contribution in [3.8, 4) is 12.1 Å². The van der Waals surface area contributed by atoms with E-state index in [1.54, 1.807) is 0 Å². The van der Waals surface area contributed by atoms with Crippen LogP contribution in [0.2, 0.25) is 0 Å². The van der Waals surface area contributed by atoms with E-state index in [2.05, 4.69) is 5.32 Å². The third-order valence-electron chi connectivity index (χ3n) is 2.87. The van der Waals surface area contributed by atoms with Gasteiger partial charge in [0.05, 0.1) is 24.3 Å². The van der Waals surface area contributed by atoms with Gasteiger partial charge in [-0.1, -0.05) is 0 Å². The summed E-state index contributed by atoms with van der Waals surface area (Å²) in [6, 6.07) is 8.18. The molecule has 21 heavy (non-hydrogen) atoms. The van der Waals surface area contributed by atoms with E-state index < -0.39 is 11.8 Å². The second-order valence-electron chi connectivity index (χ2n) is 4.19. The molecule has 0 atom stereocenters. The third-order valence-corrected chi connectivity index (χ3v) is 2.87. The number of hydrogen-bond donors (Lipinski definition) is 2. The molecule has 1 heterocycles. The van der Waals surface area contributed by atoms with Crippen molar-refractivity contribution in [1.82, 2.24) is 4.90 Å². The van der Waals surface area contributed by atoms with E-state index in [1.807, 2.05) is 12.1 Å². The van der Waals surface area contributed by atoms with Crippen LogP contribution in [0.4, 0.5) is 5.69 Å². The number of hydrogen-bond acceptors (Lipinski definition) is 6. The molecule has 1 aromatic carbocycles. The Balaban J connectivity index is 2.22. The van der Waals surface area contributed by atoms with Gasteiger partial charge in [0.25, 0.3) is 11.8 Å². The van der Waals surface area contributed by atoms with Gasteiger partial charge in [-0.3, -0.25) is 14.5 Å². The van der Waals surface area contributed by atoms with Crippen LogP contribution < -0.4 is 5.32 Å². The van der Waals surface area contributed by atoms with Crippen molar-refractivity contribution < 1.29 is 14.7 Å². The third kappa shape index (κ3) is 2.73. The molecule has 0 aromatic heterocycles. The molecule has 0 fully saturated rings. The summed E-state index contributed by atoms with van der Waals surface area (Å²) in [6.07, 6.45) is 1.13. The Bertz CT molecular complexity index is 725. The summed E-state index contributed by atoms with van der Waals surface area (Å²) in [5, 5.41) is 29.3. The second-order valence-corrected chi connectivity index (χ2v) is 4.19. The van der Waals surface area contributed by atoms with Crippen LogP contribution in [0.1, 0.15) is 11.1 Å². The smallest absolute Gasteiger partial charge is 0.277 e. The van der Waals surface area contributed by atoms with Gasteiger partial charge < -0.3 is 10.4 Å². The monoisotopic (exact) mass is 282 g/mol. The number of nitriles is 2. The van der Waals surface area contributed by atoms with Gasteiger partial charge in [0.2, 0.25) is 0 Å². The zero-order chi connectivity index (χ0) is 15.4. The SMILES string of the molecule is N#Cc1ccc(NC2=CC(=O)N(CCO)C2=O)cc1C#N. The largest absolute Gasteiger partial charge is 0.395 e. The first-order chi connectivity index (χ1) is 10.1. The summed E-state index contributed by atoms with van der Waals surface area (Å²) in [5.74, 6) is -1.05. The molecule has 104 valence electrons. The first-order valence-electron chi connectivity index (χ1n) is 6.00. The molecule has 2 rings (SSSR count). The number of nitrogens with one attached hydrogen (secondary N) is 1. The lowest BCUT2D eigenvalue weighted by molar-refractivity contribution is -0.137. The van der Waals surface area contributed by atoms with Gasteiger partial charge >= 0.3 is 0 Å². The Morgan fingerprint density at radius 3 is 2.52 bits per heavy atom. The predicted octanol–water partition coefficient (Wildman–Crippen LogP) is 0.0869. The minimum Gasteiger partial charge on any atom is -0.395 e. The number of carbonyl (C=O) groups is 2. The number of nitrogens with zero attached hydrogens (tertiary/aromatic N) is 3. The van der Waals surface area contributed by atoms with Gasteiger partial charge in [0.1, 0.15) is 17.8 Å². The minimum absolute atomic E-state index is 0.0575. The summed E-state index contributed by atoms with van der Waals surface area (Å²) in [6.45, 7) is -0.385. The van der Waals surface area contributed by atoms with Gasteiger partial charge in [0, 0.05) is 11.8 Å². The van der Waals surface area contributed by atoms with Crippen LogP contribution in [0.25, 0.3) is 0 Å². The van der Waals surface area contributed by atoms with Crippen LogP contribution in [-0.4, -0.2) is 35.0 Å². The van der Waals surface area contributed by atoms with Crippen LogP contribution in [-0.2, 0) is 9.59 Å². The van der Waals surface area contributed by atoms with Crippen molar-refractivity contribution in [3.63, 3.8) is 0 Å². The lowest BCUT2D eigenvalue weighted by Crippen LogP contribution is -2.34. The molecule has 7 nitrogen and oxygen atoms in total. The van der Waals surface area contributed by atoms with Gasteiger partial charge in [-0.05, 0) is 18.2 Å². The minimum atomic E-state index is -0.545. The molecule has 0 aliphatic carbocycles. The molecule has 7 heteroatoms. The maximum Gasteiger partial charge on any atom is 0.277 e. The molecular weight excluding hydrogens is 272 g/mol. The van der Waals surface area contributed by atoms with Crippen molar-refractivity contribution >= 4 is 17.5 Å². The highest BCUT2D eigenvalue weighted by molar-refractivity contribution is 6.17. The Morgan fingerprint density at radius 1 is 1.19 bits per heavy atom. The molecule has 0 saturated heterocycles. The summed E-state index contributed by atoms with van der Waals surface area (Å²) in [7, 11) is 0. The molecule has 1 aliphatic rings. The van der Waals surface area contributed by atoms with Crippen molar-refractivity contribution in [2.24, 2.45) is 0 Å². The lowest BCUT2D eigenvalue weighted by atomic mass is 10.1. The van der Waals surface area contributed by atoms with E-state index >= 15 is 0 Å². The van der Waals surface area contributed by atoms with Crippen molar-refractivity contribution in [2.75, 3.05) is 18.5 Å². The topological polar surface area (TPSA) is 117 Å². The van der Waals surface area contributed by atoms with Gasteiger partial charge in [0.15, 0.2) is 0 Å². The summed E-state index contributed by atoms with van der Waals surface area (Å²) in [5.41, 5.74) is 0.880. The molecule has 2 N–H and O–H groups in total. The van der Waals surface area contributed by atoms with Gasteiger partial charge in [-0.15, -0.1) is 0 Å². The molecule has 0 radical (unpaired) electrons. The number of anilines is 1. The Labute approximate surface area is 120 Å². The van der Waals surface area contributed by atoms with E-state index in [9.17, 15) is 9.59 Å². The molecule has 0 saturated carbocycles. The average Bonchev–Trinajstić information content (AvgIpc) is 2.75. The maximum atomic E-state index is 11.9. The summed E-state index contributed by atoms with van der Waals surface area (Å²) in [4.78, 5) is 24.4. The molecule has 2 amide bonds. The first kappa shape index (κ1) is 14.3. The summed E-state index contributed by atoms with van der Waals surface area (Å²) < 4.78 is 0. The van der Waals surface area contributed by atoms with Crippen LogP contribution in [0.5, 0.6) is 0 Å². The second kappa shape index (κ2) is 5.87. The molecule has 0 unspecified atom stereocenters. The van der Waals surface area contributed by atoms with E-state index in [4.69, 9.17) is 15.6 Å². The number of imide groups is 1. The fourth-order valence-electron chi connectivity index (χ4n) is 1.88. The fourth-order valence-corrected chi connectivity index (χ4v) is 1.88. The molecular formula is C14H10N4O3. The molecule has 0 bridgehead atoms. The fraction of sp³-hybridized carbons (Fsp3) is 0.143. The highest BCUT2D eigenvalue weighted by atomic mass is 16.3. The number of benzene rings is 1. The zero-order valence-corrected chi connectivity index (χ0v) is 10.8. The van der Waals surface area contributed by atoms with Crippen molar-refractivity contribution in [1.29, 1.82) is 10.5 Å². The van der Waals surface area contributed by atoms with Gasteiger partial charge in [-0.2, -0.15) is 10.5 Å². The lowest BCUT2D eigenvalue weighted by Gasteiger charge is -2.13. The number of rotatable bonds is 4. The zero-order valence-electron chi connectivity index (χ0n) is 10.8. The van der Waals surface area contributed by atoms with Crippen LogP contribution in [0.15, 0.2) is 30.0 Å². The number of aliphatic hydroxyl groups excluding tert-OH is 1. The van der Waals surface area contributed by atoms with E-state index in [0.29, 0.717) is 5.69 Å². The predicted molar refractivity (Wildman–Crippen MR) is 71.4 cm³/mol. The Morgan fingerprint density at radius 2 is 1.90 bits per heavy atom. The van der Waals surface area contributed by atoms with Crippen molar-refractivity contribution in [2.45, 2.75) is 0 Å². The number of carbonyl (C=O) groups excluding carboxylic acids is 2. The number of aliphatic hydroxyl groups is 1. The normalized spacial score (nSPS) is 13.7. The van der Waals surface area contributed by atoms with E-state index in [-0.39, 0.29) is 30.0 Å². The number of amides is 2. The standard InChI is InChI=1S/C14H10N4O3/c15-7-9-1-2-11(5-10(9)8-16)17-12-6-13(20)18(3-4-19)14(12)21/h1-2,5-6,17,19H,3-4H2. The maximum absolute atomic E-state index is 11.9. The average molecular weight is 282 g/mol. The quantitative estimate of drug-likeness (QED) is 0.755. The van der Waals surface area contributed by atoms with Crippen LogP contribution in [0, 0.1) is 22.7 Å². The highest BCUT2D eigenvalue weighted by Gasteiger charge is 2.30. The Kier molecular flexibility index (Phi) is 3.98. The number of β-amino-alcohol motifs (C(OH)–C–C–N with tert-alkyl or cyclic N) is 1. The van der Waals surface area contributed by atoms with Gasteiger partial charge in [-0.25, -0.2) is 0 Å². The Hall–Kier alpha value is -3.16. The highest BCUT2D eigenvalue weighted by Crippen LogP contribution is 2.19. The van der Waals surface area contributed by atoms with Crippen LogP contribution in [0.3, 0.4) is 0 Å².